The second kappa shape index (κ2) is 7.31. The zero-order chi connectivity index (χ0) is 15.9. The molecular formula is C19H18N2O2. The average molecular weight is 306 g/mol. The number of ether oxygens (including phenoxy) is 2. The summed E-state index contributed by atoms with van der Waals surface area (Å²) in [5, 5.41) is 3.36. The maximum absolute atomic E-state index is 5.92. The van der Waals surface area contributed by atoms with E-state index < -0.39 is 0 Å². The fourth-order valence-corrected chi connectivity index (χ4v) is 2.20. The van der Waals surface area contributed by atoms with E-state index in [1.54, 1.807) is 19.5 Å². The van der Waals surface area contributed by atoms with Gasteiger partial charge in [-0.25, -0.2) is 0 Å². The first-order valence-corrected chi connectivity index (χ1v) is 7.39. The Kier molecular flexibility index (Phi) is 4.74. The van der Waals surface area contributed by atoms with Crippen LogP contribution in [-0.2, 0) is 6.54 Å². The van der Waals surface area contributed by atoms with Crippen molar-refractivity contribution >= 4 is 5.69 Å². The van der Waals surface area contributed by atoms with Crippen molar-refractivity contribution in [3.05, 3.63) is 78.6 Å². The molecule has 1 N–H and O–H groups in total. The summed E-state index contributed by atoms with van der Waals surface area (Å²) in [6, 6.07) is 19.5. The van der Waals surface area contributed by atoms with Crippen LogP contribution < -0.4 is 14.8 Å². The Hall–Kier alpha value is -3.01. The molecule has 2 aromatic carbocycles. The van der Waals surface area contributed by atoms with E-state index in [0.29, 0.717) is 6.54 Å². The van der Waals surface area contributed by atoms with Crippen molar-refractivity contribution in [2.24, 2.45) is 0 Å². The van der Waals surface area contributed by atoms with Gasteiger partial charge in [-0.1, -0.05) is 30.3 Å². The van der Waals surface area contributed by atoms with E-state index in [9.17, 15) is 0 Å². The van der Waals surface area contributed by atoms with Gasteiger partial charge in [0, 0.05) is 18.8 Å². The van der Waals surface area contributed by atoms with Crippen molar-refractivity contribution in [2.75, 3.05) is 12.4 Å². The normalized spacial score (nSPS) is 10.1. The molecule has 1 aromatic heterocycles. The summed E-state index contributed by atoms with van der Waals surface area (Å²) in [5.41, 5.74) is 1.97. The Balaban J connectivity index is 1.72. The Morgan fingerprint density at radius 2 is 1.78 bits per heavy atom. The van der Waals surface area contributed by atoms with Crippen LogP contribution in [0.25, 0.3) is 0 Å². The first-order valence-electron chi connectivity index (χ1n) is 7.39. The number of pyridine rings is 1. The minimum absolute atomic E-state index is 0.661. The summed E-state index contributed by atoms with van der Waals surface area (Å²) in [6.07, 6.45) is 3.48. The molecule has 4 nitrogen and oxygen atoms in total. The monoisotopic (exact) mass is 306 g/mol. The zero-order valence-electron chi connectivity index (χ0n) is 12.9. The molecule has 0 saturated heterocycles. The van der Waals surface area contributed by atoms with Crippen LogP contribution in [0.1, 0.15) is 5.56 Å². The number of anilines is 1. The van der Waals surface area contributed by atoms with Crippen molar-refractivity contribution < 1.29 is 9.47 Å². The van der Waals surface area contributed by atoms with Gasteiger partial charge in [0.15, 0.2) is 5.75 Å². The van der Waals surface area contributed by atoms with E-state index in [2.05, 4.69) is 10.3 Å². The van der Waals surface area contributed by atoms with E-state index in [1.807, 2.05) is 60.7 Å². The highest BCUT2D eigenvalue weighted by Gasteiger charge is 2.05. The van der Waals surface area contributed by atoms with E-state index in [4.69, 9.17) is 9.47 Å². The molecule has 0 radical (unpaired) electrons. The van der Waals surface area contributed by atoms with Gasteiger partial charge in [0.1, 0.15) is 11.5 Å². The van der Waals surface area contributed by atoms with Crippen LogP contribution in [0.2, 0.25) is 0 Å². The molecule has 116 valence electrons. The molecule has 0 aliphatic rings. The zero-order valence-corrected chi connectivity index (χ0v) is 12.9. The molecule has 0 bridgehead atoms. The standard InChI is InChI=1S/C19H18N2O2/c1-22-17-9-5-6-15(12-17)13-21-18-14-20-11-10-19(18)23-16-7-3-2-4-8-16/h2-12,14,21H,13H2,1H3. The molecular weight excluding hydrogens is 288 g/mol. The second-order valence-corrected chi connectivity index (χ2v) is 4.99. The van der Waals surface area contributed by atoms with Crippen LogP contribution in [0.3, 0.4) is 0 Å². The molecule has 0 spiro atoms. The second-order valence-electron chi connectivity index (χ2n) is 4.99. The summed E-state index contributed by atoms with van der Waals surface area (Å²) >= 11 is 0. The SMILES string of the molecule is COc1cccc(CNc2cnccc2Oc2ccccc2)c1. The highest BCUT2D eigenvalue weighted by molar-refractivity contribution is 5.56. The van der Waals surface area contributed by atoms with Gasteiger partial charge in [-0.05, 0) is 29.8 Å². The number of para-hydroxylation sites is 1. The molecule has 0 saturated carbocycles. The van der Waals surface area contributed by atoms with Crippen LogP contribution in [0.4, 0.5) is 5.69 Å². The summed E-state index contributed by atoms with van der Waals surface area (Å²) in [6.45, 7) is 0.661. The average Bonchev–Trinajstić information content (AvgIpc) is 2.62. The highest BCUT2D eigenvalue weighted by atomic mass is 16.5. The number of aromatic nitrogens is 1. The van der Waals surface area contributed by atoms with Gasteiger partial charge in [0.2, 0.25) is 0 Å². The van der Waals surface area contributed by atoms with Crippen molar-refractivity contribution in [1.29, 1.82) is 0 Å². The van der Waals surface area contributed by atoms with Crippen LogP contribution >= 0.6 is 0 Å². The summed E-state index contributed by atoms with van der Waals surface area (Å²) in [5.74, 6) is 2.38. The predicted molar refractivity (Wildman–Crippen MR) is 91.1 cm³/mol. The molecule has 0 aliphatic carbocycles. The lowest BCUT2D eigenvalue weighted by atomic mass is 10.2. The number of hydrogen-bond acceptors (Lipinski definition) is 4. The topological polar surface area (TPSA) is 43.4 Å². The minimum Gasteiger partial charge on any atom is -0.497 e. The largest absolute Gasteiger partial charge is 0.497 e. The van der Waals surface area contributed by atoms with E-state index >= 15 is 0 Å². The molecule has 0 atom stereocenters. The van der Waals surface area contributed by atoms with Gasteiger partial charge < -0.3 is 14.8 Å². The molecule has 1 heterocycles. The lowest BCUT2D eigenvalue weighted by Gasteiger charge is -2.13. The third-order valence-corrected chi connectivity index (χ3v) is 3.37. The van der Waals surface area contributed by atoms with Crippen molar-refractivity contribution in [1.82, 2.24) is 4.98 Å². The van der Waals surface area contributed by atoms with Gasteiger partial charge in [-0.3, -0.25) is 4.98 Å². The first-order chi connectivity index (χ1) is 11.3. The Morgan fingerprint density at radius 3 is 2.61 bits per heavy atom. The van der Waals surface area contributed by atoms with Crippen LogP contribution in [0, 0.1) is 0 Å². The molecule has 0 unspecified atom stereocenters. The van der Waals surface area contributed by atoms with Gasteiger partial charge in [0.25, 0.3) is 0 Å². The highest BCUT2D eigenvalue weighted by Crippen LogP contribution is 2.28. The van der Waals surface area contributed by atoms with Gasteiger partial charge >= 0.3 is 0 Å². The molecule has 4 heteroatoms. The molecule has 0 aliphatic heterocycles. The molecule has 3 rings (SSSR count). The number of nitrogens with zero attached hydrogens (tertiary/aromatic N) is 1. The third-order valence-electron chi connectivity index (χ3n) is 3.37. The van der Waals surface area contributed by atoms with Gasteiger partial charge in [-0.15, -0.1) is 0 Å². The van der Waals surface area contributed by atoms with Crippen LogP contribution in [0.5, 0.6) is 17.2 Å². The van der Waals surface area contributed by atoms with Crippen molar-refractivity contribution in [3.63, 3.8) is 0 Å². The number of benzene rings is 2. The summed E-state index contributed by atoms with van der Waals surface area (Å²) < 4.78 is 11.2. The maximum Gasteiger partial charge on any atom is 0.153 e. The van der Waals surface area contributed by atoms with E-state index in [-0.39, 0.29) is 0 Å². The maximum atomic E-state index is 5.92. The molecule has 0 fully saturated rings. The third kappa shape index (κ3) is 4.01. The van der Waals surface area contributed by atoms with Crippen molar-refractivity contribution in [3.8, 4) is 17.2 Å². The van der Waals surface area contributed by atoms with Crippen LogP contribution in [0.15, 0.2) is 73.1 Å². The van der Waals surface area contributed by atoms with Crippen molar-refractivity contribution in [2.45, 2.75) is 6.54 Å². The fraction of sp³-hybridized carbons (Fsp3) is 0.105. The molecule has 3 aromatic rings. The Bertz CT molecular complexity index is 760. The minimum atomic E-state index is 0.661. The van der Waals surface area contributed by atoms with E-state index in [1.165, 1.54) is 0 Å². The summed E-state index contributed by atoms with van der Waals surface area (Å²) in [7, 11) is 1.67. The fourth-order valence-electron chi connectivity index (χ4n) is 2.20. The number of hydrogen-bond donors (Lipinski definition) is 1. The Labute approximate surface area is 135 Å². The van der Waals surface area contributed by atoms with Gasteiger partial charge in [0.05, 0.1) is 19.0 Å². The smallest absolute Gasteiger partial charge is 0.153 e. The van der Waals surface area contributed by atoms with Gasteiger partial charge in [-0.2, -0.15) is 0 Å². The lowest BCUT2D eigenvalue weighted by molar-refractivity contribution is 0.414. The number of rotatable bonds is 6. The van der Waals surface area contributed by atoms with E-state index in [0.717, 1.165) is 28.5 Å². The number of methoxy groups -OCH3 is 1. The predicted octanol–water partition coefficient (Wildman–Crippen LogP) is 4.49. The summed E-state index contributed by atoms with van der Waals surface area (Å²) in [4.78, 5) is 4.17. The van der Waals surface area contributed by atoms with Crippen LogP contribution in [-0.4, -0.2) is 12.1 Å². The lowest BCUT2D eigenvalue weighted by Crippen LogP contribution is -2.02. The Morgan fingerprint density at radius 1 is 0.957 bits per heavy atom. The number of nitrogens with one attached hydrogen (secondary N) is 1. The molecule has 23 heavy (non-hydrogen) atoms. The first kappa shape index (κ1) is 14.9. The quantitative estimate of drug-likeness (QED) is 0.728. The molecule has 0 amide bonds.